The lowest BCUT2D eigenvalue weighted by Crippen LogP contribution is -2.13. The fourth-order valence-corrected chi connectivity index (χ4v) is 9.22. The Morgan fingerprint density at radius 1 is 0.345 bits per heavy atom. The number of nitrogens with zero attached hydrogens (tertiary/aromatic N) is 3. The van der Waals surface area contributed by atoms with Gasteiger partial charge in [0.1, 0.15) is 23.0 Å². The van der Waals surface area contributed by atoms with Gasteiger partial charge in [-0.1, -0.05) is 92.3 Å². The van der Waals surface area contributed by atoms with E-state index in [-0.39, 0.29) is 47.9 Å². The predicted molar refractivity (Wildman–Crippen MR) is 327 cm³/mol. The van der Waals surface area contributed by atoms with Crippen molar-refractivity contribution in [2.75, 3.05) is 26.4 Å². The second kappa shape index (κ2) is 35.4. The highest BCUT2D eigenvalue weighted by atomic mass is 16.5. The van der Waals surface area contributed by atoms with Gasteiger partial charge in [0.2, 0.25) is 0 Å². The van der Waals surface area contributed by atoms with Crippen molar-refractivity contribution < 1.29 is 58.6 Å². The molecule has 0 amide bonds. The highest BCUT2D eigenvalue weighted by Gasteiger charge is 2.27. The maximum absolute atomic E-state index is 12.8. The Morgan fingerprint density at radius 2 is 0.548 bits per heavy atom. The highest BCUT2D eigenvalue weighted by molar-refractivity contribution is 5.91. The molecule has 8 rings (SSSR count). The van der Waals surface area contributed by atoms with E-state index in [1.165, 1.54) is 48.5 Å². The van der Waals surface area contributed by atoms with Gasteiger partial charge in [0.15, 0.2) is 0 Å². The van der Waals surface area contributed by atoms with Crippen LogP contribution in [0.25, 0.3) is 0 Å². The highest BCUT2D eigenvalue weighted by Crippen LogP contribution is 2.41. The van der Waals surface area contributed by atoms with E-state index in [9.17, 15) is 39.6 Å². The van der Waals surface area contributed by atoms with E-state index in [0.29, 0.717) is 120 Å². The number of carboxylic acid groups (broad SMARTS) is 4. The maximum Gasteiger partial charge on any atom is 0.335 e. The SMILES string of the molecule is CCCCOc1c2cc(C(=O)O)cc1Cc1cc(C(=O)O)cc(c1OCCCC)Cc1cc(C(=O)O)cc(c1OCCCC)Cc1cc(C(=O)O)cc(c1OCCCC)C2.CCc1ccccn1.CCc1ccccn1.CCc1ccccn1. The minimum atomic E-state index is -1.19. The summed E-state index contributed by atoms with van der Waals surface area (Å²) in [7, 11) is 0. The number of unbranched alkanes of at least 4 members (excludes halogenated alkanes) is 4. The molecule has 0 fully saturated rings. The van der Waals surface area contributed by atoms with Crippen molar-refractivity contribution in [1.29, 1.82) is 0 Å². The molecule has 0 aliphatic heterocycles. The first-order valence-electron chi connectivity index (χ1n) is 29.5. The van der Waals surface area contributed by atoms with Crippen LogP contribution in [0.1, 0.15) is 203 Å². The molecule has 3 heterocycles. The van der Waals surface area contributed by atoms with Crippen LogP contribution in [-0.2, 0) is 44.9 Å². The van der Waals surface area contributed by atoms with E-state index >= 15 is 0 Å². The van der Waals surface area contributed by atoms with Crippen LogP contribution in [0.4, 0.5) is 0 Å². The van der Waals surface area contributed by atoms with Crippen LogP contribution in [0.5, 0.6) is 23.0 Å². The summed E-state index contributed by atoms with van der Waals surface area (Å²) in [4.78, 5) is 63.5. The van der Waals surface area contributed by atoms with Crippen molar-refractivity contribution >= 4 is 23.9 Å². The topological polar surface area (TPSA) is 225 Å². The molecule has 0 unspecified atom stereocenters. The molecule has 0 atom stereocenters. The van der Waals surface area contributed by atoms with Gasteiger partial charge in [-0.25, -0.2) is 19.2 Å². The normalized spacial score (nSPS) is 11.2. The molecule has 1 aliphatic rings. The number of rotatable bonds is 23. The van der Waals surface area contributed by atoms with Crippen molar-refractivity contribution in [2.45, 2.75) is 145 Å². The molecule has 1 aliphatic carbocycles. The van der Waals surface area contributed by atoms with Crippen LogP contribution in [0.15, 0.2) is 122 Å². The number of benzene rings is 4. The third kappa shape index (κ3) is 20.4. The lowest BCUT2D eigenvalue weighted by atomic mass is 9.88. The van der Waals surface area contributed by atoms with Crippen LogP contribution in [0.2, 0.25) is 0 Å². The van der Waals surface area contributed by atoms with Crippen LogP contribution >= 0.6 is 0 Å². The molecule has 446 valence electrons. The molecule has 7 aromatic rings. The van der Waals surface area contributed by atoms with Gasteiger partial charge in [0, 0.05) is 61.4 Å². The molecule has 0 spiro atoms. The van der Waals surface area contributed by atoms with Gasteiger partial charge in [-0.15, -0.1) is 0 Å². The van der Waals surface area contributed by atoms with Gasteiger partial charge in [0.25, 0.3) is 0 Å². The monoisotopic (exact) mass is 1150 g/mol. The number of carboxylic acids is 4. The van der Waals surface area contributed by atoms with E-state index in [4.69, 9.17) is 18.9 Å². The standard InChI is InChI=1S/C48H56O12.3C7H9N/c1-5-9-13-57-41-29-17-31-23-38(46(51)52)25-33(42(31)58-14-10-6-2)19-35-27-40(48(55)56)28-36(44(35)60-16-12-8-4)20-34-26-39(47(53)54)24-32(43(34)59-15-11-7-3)18-30(41)22-37(21-29)45(49)50;3*1-2-7-5-3-4-6-8-7/h21-28H,5-20H2,1-4H3,(H,49,50)(H,51,52)(H,53,54)(H,55,56);3*3-6H,2H2,1H3. The summed E-state index contributed by atoms with van der Waals surface area (Å²) in [6, 6.07) is 30.1. The molecule has 84 heavy (non-hydrogen) atoms. The first-order valence-corrected chi connectivity index (χ1v) is 29.5. The second-order valence-corrected chi connectivity index (χ2v) is 20.3. The van der Waals surface area contributed by atoms with E-state index in [2.05, 4.69) is 35.7 Å². The van der Waals surface area contributed by atoms with Gasteiger partial charge in [-0.2, -0.15) is 0 Å². The first-order chi connectivity index (χ1) is 40.7. The molecule has 15 heteroatoms. The van der Waals surface area contributed by atoms with Crippen LogP contribution in [0, 0.1) is 0 Å². The van der Waals surface area contributed by atoms with Gasteiger partial charge >= 0.3 is 23.9 Å². The zero-order valence-corrected chi connectivity index (χ0v) is 49.9. The molecule has 0 saturated carbocycles. The maximum atomic E-state index is 12.8. The van der Waals surface area contributed by atoms with Crippen LogP contribution < -0.4 is 18.9 Å². The summed E-state index contributed by atoms with van der Waals surface area (Å²) in [6.45, 7) is 15.6. The average molecular weight is 1150 g/mol. The number of ether oxygens (including phenoxy) is 4. The first kappa shape index (κ1) is 66.2. The number of hydrogen-bond donors (Lipinski definition) is 4. The van der Waals surface area contributed by atoms with Crippen molar-refractivity contribution in [3.05, 3.63) is 206 Å². The molecule has 4 aromatic carbocycles. The third-order valence-electron chi connectivity index (χ3n) is 13.7. The molecule has 15 nitrogen and oxygen atoms in total. The van der Waals surface area contributed by atoms with E-state index in [1.54, 1.807) is 0 Å². The molecular weight excluding hydrogens is 1060 g/mol. The molecular formula is C69H83N3O12. The van der Waals surface area contributed by atoms with Crippen LogP contribution in [-0.4, -0.2) is 85.7 Å². The van der Waals surface area contributed by atoms with E-state index in [0.717, 1.165) is 62.0 Å². The fraction of sp³-hybridized carbons (Fsp3) is 0.377. The molecule has 4 N–H and O–H groups in total. The van der Waals surface area contributed by atoms with Crippen molar-refractivity contribution in [2.24, 2.45) is 0 Å². The summed E-state index contributed by atoms with van der Waals surface area (Å²) in [6.07, 6.45) is 14.7. The minimum Gasteiger partial charge on any atom is -0.493 e. The lowest BCUT2D eigenvalue weighted by Gasteiger charge is -2.24. The number of hydrogen-bond acceptors (Lipinski definition) is 11. The summed E-state index contributed by atoms with van der Waals surface area (Å²) < 4.78 is 26.1. The summed E-state index contributed by atoms with van der Waals surface area (Å²) >= 11 is 0. The van der Waals surface area contributed by atoms with Crippen molar-refractivity contribution in [3.8, 4) is 23.0 Å². The lowest BCUT2D eigenvalue weighted by molar-refractivity contribution is 0.0685. The number of fused-ring (bicyclic) bond motifs is 8. The zero-order chi connectivity index (χ0) is 60.8. The molecule has 0 radical (unpaired) electrons. The Balaban J connectivity index is 0.000000437. The second-order valence-electron chi connectivity index (χ2n) is 20.3. The Hall–Kier alpha value is -8.59. The number of aromatic nitrogens is 3. The zero-order valence-electron chi connectivity index (χ0n) is 49.9. The Labute approximate surface area is 495 Å². The quantitative estimate of drug-likeness (QED) is 0.0437. The Morgan fingerprint density at radius 3 is 0.679 bits per heavy atom. The van der Waals surface area contributed by atoms with E-state index in [1.807, 2.05) is 101 Å². The number of carbonyl (C=O) groups is 4. The van der Waals surface area contributed by atoms with Gasteiger partial charge < -0.3 is 39.4 Å². The van der Waals surface area contributed by atoms with Crippen molar-refractivity contribution in [1.82, 2.24) is 15.0 Å². The van der Waals surface area contributed by atoms with Gasteiger partial charge in [0.05, 0.1) is 48.7 Å². The largest absolute Gasteiger partial charge is 0.493 e. The molecule has 8 bridgehead atoms. The number of aryl methyl sites for hydroxylation is 3. The predicted octanol–water partition coefficient (Wildman–Crippen LogP) is 14.8. The van der Waals surface area contributed by atoms with Crippen molar-refractivity contribution in [3.63, 3.8) is 0 Å². The van der Waals surface area contributed by atoms with Crippen LogP contribution in [0.3, 0.4) is 0 Å². The summed E-state index contributed by atoms with van der Waals surface area (Å²) in [5.41, 5.74) is 7.17. The van der Waals surface area contributed by atoms with E-state index < -0.39 is 23.9 Å². The fourth-order valence-electron chi connectivity index (χ4n) is 9.22. The third-order valence-corrected chi connectivity index (χ3v) is 13.7. The number of aromatic carboxylic acids is 4. The Kier molecular flexibility index (Phi) is 27.9. The molecule has 3 aromatic heterocycles. The number of pyridine rings is 3. The summed E-state index contributed by atoms with van der Waals surface area (Å²) in [5, 5.41) is 41.8. The summed E-state index contributed by atoms with van der Waals surface area (Å²) in [5.74, 6) is -3.11. The Bertz CT molecular complexity index is 2710. The smallest absolute Gasteiger partial charge is 0.335 e. The molecule has 0 saturated heterocycles. The minimum absolute atomic E-state index is 0.0195. The van der Waals surface area contributed by atoms with Gasteiger partial charge in [-0.3, -0.25) is 15.0 Å². The van der Waals surface area contributed by atoms with Gasteiger partial charge in [-0.05, 0) is 174 Å². The average Bonchev–Trinajstić information content (AvgIpc) is 2.41.